The van der Waals surface area contributed by atoms with Crippen LogP contribution >= 0.6 is 0 Å². The molecule has 0 radical (unpaired) electrons. The molecule has 0 aromatic carbocycles. The lowest BCUT2D eigenvalue weighted by atomic mass is 11.2. The van der Waals surface area contributed by atoms with Crippen molar-refractivity contribution in [3.63, 3.8) is 0 Å². The maximum absolute atomic E-state index is 5.13. The normalized spacial score (nSPS) is 10.2. The molecule has 22 heavy (non-hydrogen) atoms. The first-order valence-electron chi connectivity index (χ1n) is 7.04. The van der Waals surface area contributed by atoms with Crippen molar-refractivity contribution in [3.05, 3.63) is 38.5 Å². The molecule has 0 aliphatic heterocycles. The molecule has 0 spiro atoms. The SMILES string of the molecule is C=CO[Si](C)(C)C.C=CO[Si](C)(C)C.C=CO[Si](C)(C)C.[SiH4]. The molecule has 0 atom stereocenters. The molecular formula is C15H40O3Si4. The van der Waals surface area contributed by atoms with Crippen molar-refractivity contribution in [2.24, 2.45) is 0 Å². The smallest absolute Gasteiger partial charge is 0.241 e. The largest absolute Gasteiger partial charge is 0.550 e. The maximum Gasteiger partial charge on any atom is 0.241 e. The van der Waals surface area contributed by atoms with Crippen LogP contribution in [0.3, 0.4) is 0 Å². The second kappa shape index (κ2) is 14.1. The molecule has 0 aromatic rings. The van der Waals surface area contributed by atoms with Gasteiger partial charge in [0.1, 0.15) is 0 Å². The number of hydrogen-bond donors (Lipinski definition) is 0. The van der Waals surface area contributed by atoms with Gasteiger partial charge in [-0.25, -0.2) is 0 Å². The monoisotopic (exact) mass is 380 g/mol. The maximum atomic E-state index is 5.13. The van der Waals surface area contributed by atoms with Crippen molar-refractivity contribution < 1.29 is 13.3 Å². The fourth-order valence-corrected chi connectivity index (χ4v) is 2.25. The Hall–Kier alpha value is -0.512. The van der Waals surface area contributed by atoms with Gasteiger partial charge in [-0.05, 0) is 69.9 Å². The van der Waals surface area contributed by atoms with Crippen LogP contribution in [0.4, 0.5) is 0 Å². The minimum absolute atomic E-state index is 0. The third-order valence-corrected chi connectivity index (χ3v) is 3.93. The Labute approximate surface area is 146 Å². The zero-order valence-corrected chi connectivity index (χ0v) is 18.6. The molecular weight excluding hydrogens is 341 g/mol. The van der Waals surface area contributed by atoms with E-state index in [0.717, 1.165) is 0 Å². The van der Waals surface area contributed by atoms with Crippen LogP contribution in [-0.4, -0.2) is 35.9 Å². The molecule has 0 aromatic heterocycles. The molecule has 0 saturated heterocycles. The van der Waals surface area contributed by atoms with E-state index >= 15 is 0 Å². The first-order chi connectivity index (χ1) is 9.18. The minimum atomic E-state index is -1.28. The number of hydrogen-bond acceptors (Lipinski definition) is 3. The van der Waals surface area contributed by atoms with Crippen molar-refractivity contribution in [3.8, 4) is 0 Å². The lowest BCUT2D eigenvalue weighted by molar-refractivity contribution is 0.481. The standard InChI is InChI=1S/3C5H12OSi.H4Si/c3*1-5-6-7(2,3)4;/h3*5H,1H2,2-4H3;1H4. The van der Waals surface area contributed by atoms with Crippen molar-refractivity contribution >= 4 is 35.9 Å². The fraction of sp³-hybridized carbons (Fsp3) is 0.600. The van der Waals surface area contributed by atoms with E-state index in [2.05, 4.69) is 78.7 Å². The Morgan fingerprint density at radius 3 is 0.636 bits per heavy atom. The van der Waals surface area contributed by atoms with Gasteiger partial charge < -0.3 is 13.3 Å². The van der Waals surface area contributed by atoms with Crippen LogP contribution in [0, 0.1) is 0 Å². The first kappa shape index (κ1) is 29.5. The Kier molecular flexibility index (Phi) is 18.9. The lowest BCUT2D eigenvalue weighted by Gasteiger charge is -2.13. The second-order valence-corrected chi connectivity index (χ2v) is 20.6. The molecule has 0 fully saturated rings. The van der Waals surface area contributed by atoms with Crippen molar-refractivity contribution in [1.82, 2.24) is 0 Å². The molecule has 0 aliphatic rings. The molecule has 3 nitrogen and oxygen atoms in total. The molecule has 7 heteroatoms. The molecule has 0 unspecified atom stereocenters. The zero-order valence-electron chi connectivity index (χ0n) is 15.6. The van der Waals surface area contributed by atoms with E-state index < -0.39 is 25.0 Å². The van der Waals surface area contributed by atoms with E-state index in [4.69, 9.17) is 13.3 Å². The average Bonchev–Trinajstić information content (AvgIpc) is 2.12. The Bertz CT molecular complexity index is 239. The Morgan fingerprint density at radius 1 is 0.500 bits per heavy atom. The van der Waals surface area contributed by atoms with Gasteiger partial charge >= 0.3 is 0 Å². The van der Waals surface area contributed by atoms with Gasteiger partial charge in [0.05, 0.1) is 18.8 Å². The molecule has 0 aliphatic carbocycles. The van der Waals surface area contributed by atoms with Gasteiger partial charge in [0.25, 0.3) is 0 Å². The van der Waals surface area contributed by atoms with E-state index in [1.807, 2.05) is 0 Å². The van der Waals surface area contributed by atoms with E-state index in [1.54, 1.807) is 0 Å². The van der Waals surface area contributed by atoms with Crippen LogP contribution in [0.25, 0.3) is 0 Å². The van der Waals surface area contributed by atoms with Gasteiger partial charge in [-0.3, -0.25) is 0 Å². The van der Waals surface area contributed by atoms with Crippen LogP contribution in [0.15, 0.2) is 38.5 Å². The summed E-state index contributed by atoms with van der Waals surface area (Å²) >= 11 is 0. The predicted octanol–water partition coefficient (Wildman–Crippen LogP) is 4.49. The second-order valence-electron chi connectivity index (χ2n) is 7.19. The van der Waals surface area contributed by atoms with Gasteiger partial charge in [-0.2, -0.15) is 0 Å². The molecule has 0 N–H and O–H groups in total. The molecule has 0 saturated carbocycles. The van der Waals surface area contributed by atoms with Crippen LogP contribution in [0.2, 0.25) is 58.9 Å². The van der Waals surface area contributed by atoms with Gasteiger partial charge in [0, 0.05) is 0 Å². The third-order valence-electron chi connectivity index (χ3n) is 1.31. The molecule has 0 rings (SSSR count). The van der Waals surface area contributed by atoms with Crippen molar-refractivity contribution in [1.29, 1.82) is 0 Å². The first-order valence-corrected chi connectivity index (χ1v) is 17.3. The minimum Gasteiger partial charge on any atom is -0.550 e. The van der Waals surface area contributed by atoms with Gasteiger partial charge in [-0.1, -0.05) is 19.7 Å². The summed E-state index contributed by atoms with van der Waals surface area (Å²) in [5.74, 6) is 0. The fourth-order valence-electron chi connectivity index (χ4n) is 0.750. The Morgan fingerprint density at radius 2 is 0.636 bits per heavy atom. The summed E-state index contributed by atoms with van der Waals surface area (Å²) in [5.41, 5.74) is 0. The zero-order chi connectivity index (χ0) is 17.7. The van der Waals surface area contributed by atoms with Crippen LogP contribution in [0.5, 0.6) is 0 Å². The highest BCUT2D eigenvalue weighted by molar-refractivity contribution is 6.70. The summed E-state index contributed by atoms with van der Waals surface area (Å²) in [5, 5.41) is 0. The van der Waals surface area contributed by atoms with Gasteiger partial charge in [-0.15, -0.1) is 0 Å². The van der Waals surface area contributed by atoms with Gasteiger partial charge in [0.2, 0.25) is 25.0 Å². The molecule has 0 amide bonds. The molecule has 0 bridgehead atoms. The predicted molar refractivity (Wildman–Crippen MR) is 115 cm³/mol. The van der Waals surface area contributed by atoms with Crippen molar-refractivity contribution in [2.75, 3.05) is 0 Å². The summed E-state index contributed by atoms with van der Waals surface area (Å²) in [6.07, 6.45) is 4.56. The Balaban J connectivity index is -0.000000108. The van der Waals surface area contributed by atoms with E-state index in [-0.39, 0.29) is 11.0 Å². The molecule has 134 valence electrons. The van der Waals surface area contributed by atoms with Crippen LogP contribution < -0.4 is 0 Å². The summed E-state index contributed by atoms with van der Waals surface area (Å²) in [7, 11) is -3.83. The molecule has 0 heterocycles. The summed E-state index contributed by atoms with van der Waals surface area (Å²) in [6.45, 7) is 29.5. The highest BCUT2D eigenvalue weighted by Gasteiger charge is 2.12. The van der Waals surface area contributed by atoms with E-state index in [1.165, 1.54) is 18.8 Å². The average molecular weight is 381 g/mol. The highest BCUT2D eigenvalue weighted by Crippen LogP contribution is 2.01. The van der Waals surface area contributed by atoms with Gasteiger partial charge in [0.15, 0.2) is 0 Å². The van der Waals surface area contributed by atoms with E-state index in [9.17, 15) is 0 Å². The lowest BCUT2D eigenvalue weighted by Crippen LogP contribution is -2.21. The van der Waals surface area contributed by atoms with Crippen LogP contribution in [0.1, 0.15) is 0 Å². The summed E-state index contributed by atoms with van der Waals surface area (Å²) in [6, 6.07) is 0. The van der Waals surface area contributed by atoms with Crippen molar-refractivity contribution in [2.45, 2.75) is 58.9 Å². The van der Waals surface area contributed by atoms with E-state index in [0.29, 0.717) is 0 Å². The third kappa shape index (κ3) is 50.5. The quantitative estimate of drug-likeness (QED) is 0.502. The topological polar surface area (TPSA) is 27.7 Å². The van der Waals surface area contributed by atoms with Crippen LogP contribution in [-0.2, 0) is 13.3 Å². The highest BCUT2D eigenvalue weighted by atomic mass is 28.4. The summed E-state index contributed by atoms with van der Waals surface area (Å²) < 4.78 is 15.4. The summed E-state index contributed by atoms with van der Waals surface area (Å²) in [4.78, 5) is 0. The number of rotatable bonds is 6.